The zero-order chi connectivity index (χ0) is 18.4. The van der Waals surface area contributed by atoms with Crippen molar-refractivity contribution in [2.75, 3.05) is 34.7 Å². The highest BCUT2D eigenvalue weighted by Crippen LogP contribution is 2.16. The van der Waals surface area contributed by atoms with E-state index in [0.717, 1.165) is 19.0 Å². The molecular weight excluding hydrogens is 312 g/mol. The van der Waals surface area contributed by atoms with Crippen LogP contribution in [0.4, 0.5) is 0 Å². The van der Waals surface area contributed by atoms with Crippen molar-refractivity contribution in [3.05, 3.63) is 53.3 Å². The molecule has 1 unspecified atom stereocenters. The third kappa shape index (κ3) is 5.06. The topological polar surface area (TPSA) is 48.7 Å². The van der Waals surface area contributed by atoms with Gasteiger partial charge in [-0.05, 0) is 32.1 Å². The number of hydrogen-bond acceptors (Lipinski definition) is 3. The third-order valence-electron chi connectivity index (χ3n) is 4.43. The lowest BCUT2D eigenvalue weighted by atomic mass is 10.1. The number of guanidine groups is 1. The largest absolute Gasteiger partial charge is 0.354 e. The summed E-state index contributed by atoms with van der Waals surface area (Å²) in [5.41, 5.74) is 3.80. The molecule has 1 aromatic heterocycles. The Hall–Kier alpha value is -2.34. The van der Waals surface area contributed by atoms with Gasteiger partial charge in [0.2, 0.25) is 0 Å². The van der Waals surface area contributed by atoms with Gasteiger partial charge in [-0.1, -0.05) is 24.3 Å². The van der Waals surface area contributed by atoms with Crippen LogP contribution in [-0.4, -0.2) is 60.3 Å². The highest BCUT2D eigenvalue weighted by molar-refractivity contribution is 5.79. The normalized spacial score (nSPS) is 13.2. The van der Waals surface area contributed by atoms with E-state index in [4.69, 9.17) is 0 Å². The van der Waals surface area contributed by atoms with Crippen molar-refractivity contribution in [2.45, 2.75) is 19.5 Å². The smallest absolute Gasteiger partial charge is 0.193 e. The van der Waals surface area contributed by atoms with E-state index in [2.05, 4.69) is 83.7 Å². The fraction of sp³-hybridized carbons (Fsp3) is 0.474. The van der Waals surface area contributed by atoms with Gasteiger partial charge >= 0.3 is 0 Å². The van der Waals surface area contributed by atoms with E-state index in [9.17, 15) is 0 Å². The SMILES string of the molecule is CN=C(NCC(c1cnn(C)c1)N(C)C)N(C)Cc1ccccc1C. The number of aryl methyl sites for hydroxylation is 2. The fourth-order valence-electron chi connectivity index (χ4n) is 2.90. The van der Waals surface area contributed by atoms with Crippen LogP contribution >= 0.6 is 0 Å². The molecule has 0 aliphatic heterocycles. The van der Waals surface area contributed by atoms with Gasteiger partial charge in [0, 0.05) is 46.0 Å². The molecule has 0 radical (unpaired) electrons. The van der Waals surface area contributed by atoms with Crippen molar-refractivity contribution in [1.82, 2.24) is 24.9 Å². The summed E-state index contributed by atoms with van der Waals surface area (Å²) in [4.78, 5) is 8.78. The van der Waals surface area contributed by atoms with Crippen LogP contribution in [0.3, 0.4) is 0 Å². The summed E-state index contributed by atoms with van der Waals surface area (Å²) < 4.78 is 1.84. The molecule has 0 aliphatic carbocycles. The van der Waals surface area contributed by atoms with E-state index in [-0.39, 0.29) is 6.04 Å². The second-order valence-electron chi connectivity index (χ2n) is 6.64. The molecule has 1 N–H and O–H groups in total. The summed E-state index contributed by atoms with van der Waals surface area (Å²) in [7, 11) is 10.00. The van der Waals surface area contributed by atoms with Crippen molar-refractivity contribution in [2.24, 2.45) is 12.0 Å². The predicted octanol–water partition coefficient (Wildman–Crippen LogP) is 2.04. The summed E-state index contributed by atoms with van der Waals surface area (Å²) in [6.45, 7) is 3.74. The Kier molecular flexibility index (Phi) is 6.58. The molecule has 0 aliphatic rings. The van der Waals surface area contributed by atoms with Crippen LogP contribution < -0.4 is 5.32 Å². The van der Waals surface area contributed by atoms with Crippen LogP contribution in [-0.2, 0) is 13.6 Å². The molecule has 1 aromatic carbocycles. The number of benzene rings is 1. The second kappa shape index (κ2) is 8.67. The van der Waals surface area contributed by atoms with Gasteiger partial charge in [0.25, 0.3) is 0 Å². The zero-order valence-electron chi connectivity index (χ0n) is 16.2. The number of nitrogens with zero attached hydrogens (tertiary/aromatic N) is 5. The minimum Gasteiger partial charge on any atom is -0.354 e. The summed E-state index contributed by atoms with van der Waals surface area (Å²) in [5.74, 6) is 0.888. The van der Waals surface area contributed by atoms with Crippen LogP contribution in [0.25, 0.3) is 0 Å². The first-order valence-electron chi connectivity index (χ1n) is 8.53. The van der Waals surface area contributed by atoms with Crippen molar-refractivity contribution < 1.29 is 0 Å². The number of rotatable bonds is 6. The van der Waals surface area contributed by atoms with Crippen LogP contribution in [0.15, 0.2) is 41.7 Å². The van der Waals surface area contributed by atoms with Gasteiger partial charge in [-0.15, -0.1) is 0 Å². The Balaban J connectivity index is 2.02. The molecule has 2 rings (SSSR count). The molecule has 0 amide bonds. The van der Waals surface area contributed by atoms with E-state index in [1.165, 1.54) is 16.7 Å². The molecule has 0 spiro atoms. The lowest BCUT2D eigenvalue weighted by molar-refractivity contribution is 0.295. The third-order valence-corrected chi connectivity index (χ3v) is 4.43. The first-order chi connectivity index (χ1) is 11.9. The number of aliphatic imine (C=N–C) groups is 1. The maximum Gasteiger partial charge on any atom is 0.193 e. The van der Waals surface area contributed by atoms with Gasteiger partial charge in [0.15, 0.2) is 5.96 Å². The summed E-state index contributed by atoms with van der Waals surface area (Å²) in [6, 6.07) is 8.69. The molecule has 1 heterocycles. The van der Waals surface area contributed by atoms with Crippen molar-refractivity contribution in [1.29, 1.82) is 0 Å². The number of likely N-dealkylation sites (N-methyl/N-ethyl adjacent to an activating group) is 1. The van der Waals surface area contributed by atoms with Gasteiger partial charge in [0.05, 0.1) is 12.2 Å². The minimum atomic E-state index is 0.234. The van der Waals surface area contributed by atoms with Crippen LogP contribution in [0, 0.1) is 6.92 Å². The summed E-state index contributed by atoms with van der Waals surface area (Å²) in [6.07, 6.45) is 3.98. The van der Waals surface area contributed by atoms with Gasteiger partial charge in [-0.2, -0.15) is 5.10 Å². The van der Waals surface area contributed by atoms with E-state index >= 15 is 0 Å². The molecule has 0 bridgehead atoms. The fourth-order valence-corrected chi connectivity index (χ4v) is 2.90. The summed E-state index contributed by atoms with van der Waals surface area (Å²) in [5, 5.41) is 7.78. The molecule has 0 fully saturated rings. The Labute approximate surface area is 151 Å². The van der Waals surface area contributed by atoms with Crippen molar-refractivity contribution in [3.63, 3.8) is 0 Å². The Bertz CT molecular complexity index is 703. The van der Waals surface area contributed by atoms with E-state index < -0.39 is 0 Å². The van der Waals surface area contributed by atoms with E-state index in [1.807, 2.05) is 25.0 Å². The molecule has 0 saturated carbocycles. The van der Waals surface area contributed by atoms with Gasteiger partial charge < -0.3 is 15.1 Å². The van der Waals surface area contributed by atoms with Crippen LogP contribution in [0.1, 0.15) is 22.7 Å². The highest BCUT2D eigenvalue weighted by Gasteiger charge is 2.17. The molecule has 6 nitrogen and oxygen atoms in total. The molecule has 0 saturated heterocycles. The average Bonchev–Trinajstić information content (AvgIpc) is 2.99. The zero-order valence-corrected chi connectivity index (χ0v) is 16.2. The standard InChI is InChI=1S/C19H30N6/c1-15-9-7-8-10-16(15)13-24(5)19(20-2)21-12-18(23(3)4)17-11-22-25(6)14-17/h7-11,14,18H,12-13H2,1-6H3,(H,20,21). The van der Waals surface area contributed by atoms with Crippen molar-refractivity contribution in [3.8, 4) is 0 Å². The van der Waals surface area contributed by atoms with E-state index in [0.29, 0.717) is 0 Å². The van der Waals surface area contributed by atoms with Gasteiger partial charge in [-0.25, -0.2) is 0 Å². The monoisotopic (exact) mass is 342 g/mol. The van der Waals surface area contributed by atoms with Crippen LogP contribution in [0.2, 0.25) is 0 Å². The first-order valence-corrected chi connectivity index (χ1v) is 8.53. The first kappa shape index (κ1) is 19.0. The summed E-state index contributed by atoms with van der Waals surface area (Å²) >= 11 is 0. The number of aromatic nitrogens is 2. The second-order valence-corrected chi connectivity index (χ2v) is 6.64. The Morgan fingerprint density at radius 3 is 2.56 bits per heavy atom. The lowest BCUT2D eigenvalue weighted by Crippen LogP contribution is -2.42. The molecule has 25 heavy (non-hydrogen) atoms. The maximum absolute atomic E-state index is 4.44. The quantitative estimate of drug-likeness (QED) is 0.645. The predicted molar refractivity (Wildman–Crippen MR) is 104 cm³/mol. The lowest BCUT2D eigenvalue weighted by Gasteiger charge is -2.28. The molecule has 6 heteroatoms. The maximum atomic E-state index is 4.44. The van der Waals surface area contributed by atoms with Gasteiger partial charge in [0.1, 0.15) is 0 Å². The molecule has 1 atom stereocenters. The minimum absolute atomic E-state index is 0.234. The molecule has 136 valence electrons. The molecule has 2 aromatic rings. The van der Waals surface area contributed by atoms with Crippen LogP contribution in [0.5, 0.6) is 0 Å². The van der Waals surface area contributed by atoms with Crippen molar-refractivity contribution >= 4 is 5.96 Å². The Morgan fingerprint density at radius 2 is 2.00 bits per heavy atom. The number of nitrogens with one attached hydrogen (secondary N) is 1. The molecular formula is C19H30N6. The number of hydrogen-bond donors (Lipinski definition) is 1. The van der Waals surface area contributed by atoms with Gasteiger partial charge in [-0.3, -0.25) is 9.67 Å². The Morgan fingerprint density at radius 1 is 1.28 bits per heavy atom. The highest BCUT2D eigenvalue weighted by atomic mass is 15.3. The van der Waals surface area contributed by atoms with E-state index in [1.54, 1.807) is 0 Å². The average molecular weight is 342 g/mol.